The Morgan fingerprint density at radius 1 is 1.15 bits per heavy atom. The van der Waals surface area contributed by atoms with Gasteiger partial charge in [-0.2, -0.15) is 5.10 Å². The van der Waals surface area contributed by atoms with Crippen LogP contribution in [0.4, 0.5) is 10.2 Å². The van der Waals surface area contributed by atoms with E-state index in [4.69, 9.17) is 10.5 Å². The first kappa shape index (κ1) is 17.5. The number of aryl methyl sites for hydroxylation is 1. The Bertz CT molecular complexity index is 932. The highest BCUT2D eigenvalue weighted by Gasteiger charge is 2.18. The second kappa shape index (κ2) is 7.36. The molecule has 0 spiro atoms. The Balaban J connectivity index is 1.66. The number of hydrogen-bond acceptors (Lipinski definition) is 5. The van der Waals surface area contributed by atoms with E-state index in [9.17, 15) is 4.39 Å². The van der Waals surface area contributed by atoms with Crippen LogP contribution in [0.1, 0.15) is 18.4 Å². The van der Waals surface area contributed by atoms with Gasteiger partial charge in [0, 0.05) is 50.6 Å². The molecule has 7 heteroatoms. The SMILES string of the molecule is Cn1nc(N2CCCC2)cc1Oc1cc(F)ccc1-c1ccc(CN)cn1. The summed E-state index contributed by atoms with van der Waals surface area (Å²) in [4.78, 5) is 6.66. The highest BCUT2D eigenvalue weighted by molar-refractivity contribution is 5.67. The summed E-state index contributed by atoms with van der Waals surface area (Å²) in [7, 11) is 1.82. The topological polar surface area (TPSA) is 69.2 Å². The van der Waals surface area contributed by atoms with Crippen LogP contribution in [0, 0.1) is 5.82 Å². The predicted molar refractivity (Wildman–Crippen MR) is 102 cm³/mol. The predicted octanol–water partition coefficient (Wildman–Crippen LogP) is 3.47. The van der Waals surface area contributed by atoms with Crippen LogP contribution in [0.25, 0.3) is 11.3 Å². The zero-order chi connectivity index (χ0) is 18.8. The molecule has 1 fully saturated rings. The van der Waals surface area contributed by atoms with Crippen molar-refractivity contribution in [1.29, 1.82) is 0 Å². The minimum atomic E-state index is -0.366. The molecule has 0 radical (unpaired) electrons. The molecule has 2 aromatic heterocycles. The van der Waals surface area contributed by atoms with E-state index in [0.29, 0.717) is 29.4 Å². The molecule has 140 valence electrons. The van der Waals surface area contributed by atoms with Crippen LogP contribution >= 0.6 is 0 Å². The smallest absolute Gasteiger partial charge is 0.219 e. The molecular formula is C20H22FN5O. The maximum Gasteiger partial charge on any atom is 0.219 e. The van der Waals surface area contributed by atoms with Gasteiger partial charge in [-0.25, -0.2) is 9.07 Å². The van der Waals surface area contributed by atoms with Crippen molar-refractivity contribution in [2.75, 3.05) is 18.0 Å². The number of hydrogen-bond donors (Lipinski definition) is 1. The summed E-state index contributed by atoms with van der Waals surface area (Å²) in [5.41, 5.74) is 7.98. The third-order valence-corrected chi connectivity index (χ3v) is 4.75. The average Bonchev–Trinajstić information content (AvgIpc) is 3.33. The van der Waals surface area contributed by atoms with Gasteiger partial charge < -0.3 is 15.4 Å². The lowest BCUT2D eigenvalue weighted by molar-refractivity contribution is 0.429. The summed E-state index contributed by atoms with van der Waals surface area (Å²) < 4.78 is 21.6. The molecule has 1 aliphatic heterocycles. The summed E-state index contributed by atoms with van der Waals surface area (Å²) in [5.74, 6) is 1.48. The van der Waals surface area contributed by atoms with Crippen molar-refractivity contribution >= 4 is 5.82 Å². The first-order valence-corrected chi connectivity index (χ1v) is 9.06. The van der Waals surface area contributed by atoms with Gasteiger partial charge in [0.1, 0.15) is 11.6 Å². The quantitative estimate of drug-likeness (QED) is 0.748. The second-order valence-electron chi connectivity index (χ2n) is 6.66. The summed E-state index contributed by atoms with van der Waals surface area (Å²) in [5, 5.41) is 4.53. The van der Waals surface area contributed by atoms with Gasteiger partial charge in [0.05, 0.1) is 5.69 Å². The van der Waals surface area contributed by atoms with Crippen LogP contribution in [-0.2, 0) is 13.6 Å². The normalized spacial score (nSPS) is 14.0. The summed E-state index contributed by atoms with van der Waals surface area (Å²) in [6.07, 6.45) is 4.06. The highest BCUT2D eigenvalue weighted by atomic mass is 19.1. The lowest BCUT2D eigenvalue weighted by atomic mass is 10.1. The van der Waals surface area contributed by atoms with Crippen molar-refractivity contribution in [2.45, 2.75) is 19.4 Å². The molecule has 1 aliphatic rings. The molecule has 0 bridgehead atoms. The fourth-order valence-electron chi connectivity index (χ4n) is 3.24. The summed E-state index contributed by atoms with van der Waals surface area (Å²) in [6.45, 7) is 2.42. The van der Waals surface area contributed by atoms with Crippen molar-refractivity contribution in [3.8, 4) is 22.9 Å². The molecule has 3 aromatic rings. The molecular weight excluding hydrogens is 345 g/mol. The first-order chi connectivity index (χ1) is 13.1. The van der Waals surface area contributed by atoms with Crippen LogP contribution < -0.4 is 15.4 Å². The highest BCUT2D eigenvalue weighted by Crippen LogP contribution is 2.34. The van der Waals surface area contributed by atoms with Gasteiger partial charge in [-0.05, 0) is 36.6 Å². The van der Waals surface area contributed by atoms with Gasteiger partial charge in [0.25, 0.3) is 0 Å². The fraction of sp³-hybridized carbons (Fsp3) is 0.300. The lowest BCUT2D eigenvalue weighted by Crippen LogP contribution is -2.18. The van der Waals surface area contributed by atoms with Crippen LogP contribution in [0.2, 0.25) is 0 Å². The van der Waals surface area contributed by atoms with E-state index in [1.54, 1.807) is 16.9 Å². The Hall–Kier alpha value is -2.93. The average molecular weight is 367 g/mol. The van der Waals surface area contributed by atoms with E-state index in [-0.39, 0.29) is 5.82 Å². The van der Waals surface area contributed by atoms with Crippen molar-refractivity contribution < 1.29 is 9.13 Å². The van der Waals surface area contributed by atoms with E-state index in [1.807, 2.05) is 25.2 Å². The van der Waals surface area contributed by atoms with Gasteiger partial charge in [-0.3, -0.25) is 4.98 Å². The van der Waals surface area contributed by atoms with E-state index in [0.717, 1.165) is 24.5 Å². The molecule has 1 aromatic carbocycles. The van der Waals surface area contributed by atoms with Gasteiger partial charge >= 0.3 is 0 Å². The van der Waals surface area contributed by atoms with Crippen molar-refractivity contribution in [1.82, 2.24) is 14.8 Å². The number of rotatable bonds is 5. The molecule has 0 saturated carbocycles. The number of aromatic nitrogens is 3. The van der Waals surface area contributed by atoms with Crippen LogP contribution in [0.5, 0.6) is 11.6 Å². The van der Waals surface area contributed by atoms with E-state index in [2.05, 4.69) is 15.0 Å². The zero-order valence-corrected chi connectivity index (χ0v) is 15.2. The van der Waals surface area contributed by atoms with E-state index < -0.39 is 0 Å². The molecule has 0 unspecified atom stereocenters. The minimum absolute atomic E-state index is 0.366. The maximum absolute atomic E-state index is 13.9. The Kier molecular flexibility index (Phi) is 4.77. The van der Waals surface area contributed by atoms with Gasteiger partial charge in [-0.15, -0.1) is 0 Å². The number of pyridine rings is 1. The summed E-state index contributed by atoms with van der Waals surface area (Å²) >= 11 is 0. The third-order valence-electron chi connectivity index (χ3n) is 4.75. The zero-order valence-electron chi connectivity index (χ0n) is 15.2. The largest absolute Gasteiger partial charge is 0.438 e. The molecule has 27 heavy (non-hydrogen) atoms. The van der Waals surface area contributed by atoms with Gasteiger partial charge in [0.2, 0.25) is 5.88 Å². The number of halogens is 1. The third kappa shape index (κ3) is 3.64. The van der Waals surface area contributed by atoms with Gasteiger partial charge in [0.15, 0.2) is 5.82 Å². The Morgan fingerprint density at radius 2 is 1.96 bits per heavy atom. The van der Waals surface area contributed by atoms with E-state index >= 15 is 0 Å². The fourth-order valence-corrected chi connectivity index (χ4v) is 3.24. The minimum Gasteiger partial charge on any atom is -0.438 e. The summed E-state index contributed by atoms with van der Waals surface area (Å²) in [6, 6.07) is 10.1. The molecule has 0 aliphatic carbocycles. The first-order valence-electron chi connectivity index (χ1n) is 9.06. The van der Waals surface area contributed by atoms with Crippen molar-refractivity contribution in [2.24, 2.45) is 12.8 Å². The molecule has 0 atom stereocenters. The molecule has 4 rings (SSSR count). The molecule has 0 amide bonds. The molecule has 6 nitrogen and oxygen atoms in total. The van der Waals surface area contributed by atoms with Crippen LogP contribution in [0.3, 0.4) is 0 Å². The maximum atomic E-state index is 13.9. The number of nitrogens with zero attached hydrogens (tertiary/aromatic N) is 4. The molecule has 2 N–H and O–H groups in total. The van der Waals surface area contributed by atoms with Gasteiger partial charge in [-0.1, -0.05) is 6.07 Å². The number of ether oxygens (including phenoxy) is 1. The Labute approximate surface area is 157 Å². The van der Waals surface area contributed by atoms with Crippen LogP contribution in [-0.4, -0.2) is 27.9 Å². The Morgan fingerprint density at radius 3 is 2.67 bits per heavy atom. The van der Waals surface area contributed by atoms with Crippen molar-refractivity contribution in [3.63, 3.8) is 0 Å². The molecule has 1 saturated heterocycles. The standard InChI is InChI=1S/C20H22FN5O/c1-25-20(11-19(24-25)26-8-2-3-9-26)27-18-10-15(21)5-6-16(18)17-7-4-14(12-22)13-23-17/h4-7,10-11,13H,2-3,8-9,12,22H2,1H3. The van der Waals surface area contributed by atoms with E-state index in [1.165, 1.54) is 25.0 Å². The van der Waals surface area contributed by atoms with Crippen molar-refractivity contribution in [3.05, 3.63) is 54.0 Å². The molecule has 3 heterocycles. The number of anilines is 1. The number of benzene rings is 1. The van der Waals surface area contributed by atoms with Crippen LogP contribution in [0.15, 0.2) is 42.6 Å². The second-order valence-corrected chi connectivity index (χ2v) is 6.66. The lowest BCUT2D eigenvalue weighted by Gasteiger charge is -2.12. The monoisotopic (exact) mass is 367 g/mol. The number of nitrogens with two attached hydrogens (primary N) is 1.